The maximum Gasteiger partial charge on any atom is 0.270 e. The van der Waals surface area contributed by atoms with Crippen molar-refractivity contribution in [3.63, 3.8) is 0 Å². The second kappa shape index (κ2) is 6.23. The van der Waals surface area contributed by atoms with Crippen LogP contribution in [0.2, 0.25) is 5.02 Å². The Kier molecular flexibility index (Phi) is 3.89. The van der Waals surface area contributed by atoms with Crippen molar-refractivity contribution in [3.05, 3.63) is 68.7 Å². The minimum atomic E-state index is -0.465. The predicted octanol–water partition coefficient (Wildman–Crippen LogP) is 2.35. The van der Waals surface area contributed by atoms with Crippen LogP contribution in [0.3, 0.4) is 0 Å². The fraction of sp³-hybridized carbons (Fsp3) is 0.118. The number of non-ortho nitro benzene ring substituents is 1. The summed E-state index contributed by atoms with van der Waals surface area (Å²) in [6.45, 7) is 0.276. The zero-order valence-corrected chi connectivity index (χ0v) is 14.1. The fourth-order valence-corrected chi connectivity index (χ4v) is 3.21. The molecule has 0 aliphatic carbocycles. The number of benzene rings is 2. The lowest BCUT2D eigenvalue weighted by atomic mass is 9.99. The van der Waals surface area contributed by atoms with Crippen LogP contribution in [0, 0.1) is 10.1 Å². The molecule has 0 aromatic heterocycles. The molecule has 2 aliphatic rings. The number of hydrogen-bond donors (Lipinski definition) is 1. The van der Waals surface area contributed by atoms with Gasteiger partial charge in [0, 0.05) is 28.3 Å². The lowest BCUT2D eigenvalue weighted by molar-refractivity contribution is -0.384. The monoisotopic (exact) mass is 369 g/mol. The second-order valence-corrected chi connectivity index (χ2v) is 6.16. The minimum absolute atomic E-state index is 0.0645. The van der Waals surface area contributed by atoms with Crippen LogP contribution >= 0.6 is 11.6 Å². The number of carbonyl (C=O) groups excluding carboxylic acids is 1. The van der Waals surface area contributed by atoms with Crippen molar-refractivity contribution in [3.8, 4) is 0 Å². The third-order valence-corrected chi connectivity index (χ3v) is 4.50. The lowest BCUT2D eigenvalue weighted by Crippen LogP contribution is -2.46. The summed E-state index contributed by atoms with van der Waals surface area (Å²) < 4.78 is 0. The molecule has 1 N–H and O–H groups in total. The number of carbonyl (C=O) groups is 1. The van der Waals surface area contributed by atoms with Gasteiger partial charge in [0.25, 0.3) is 11.6 Å². The summed E-state index contributed by atoms with van der Waals surface area (Å²) in [4.78, 5) is 28.9. The zero-order chi connectivity index (χ0) is 18.3. The number of aliphatic imine (C=N–C) groups is 1. The highest BCUT2D eigenvalue weighted by Crippen LogP contribution is 2.32. The number of amidine groups is 1. The van der Waals surface area contributed by atoms with Gasteiger partial charge in [0.15, 0.2) is 5.84 Å². The van der Waals surface area contributed by atoms with E-state index in [0.29, 0.717) is 33.4 Å². The van der Waals surface area contributed by atoms with Crippen LogP contribution in [-0.4, -0.2) is 35.5 Å². The van der Waals surface area contributed by atoms with Crippen molar-refractivity contribution in [2.24, 2.45) is 10.1 Å². The molecule has 2 aromatic rings. The van der Waals surface area contributed by atoms with Gasteiger partial charge in [-0.25, -0.2) is 5.43 Å². The smallest absolute Gasteiger partial charge is 0.270 e. The third kappa shape index (κ3) is 2.70. The Bertz CT molecular complexity index is 1000. The van der Waals surface area contributed by atoms with Gasteiger partial charge in [0.1, 0.15) is 6.54 Å². The van der Waals surface area contributed by atoms with E-state index in [4.69, 9.17) is 11.6 Å². The Labute approximate surface area is 152 Å². The molecule has 0 radical (unpaired) electrons. The van der Waals surface area contributed by atoms with Crippen molar-refractivity contribution in [1.29, 1.82) is 0 Å². The first-order valence-electron chi connectivity index (χ1n) is 7.75. The van der Waals surface area contributed by atoms with Gasteiger partial charge in [-0.2, -0.15) is 5.10 Å². The molecule has 8 nitrogen and oxygen atoms in total. The third-order valence-electron chi connectivity index (χ3n) is 4.17. The molecule has 1 amide bonds. The van der Waals surface area contributed by atoms with Gasteiger partial charge in [-0.3, -0.25) is 19.9 Å². The number of hydrazone groups is 1. The van der Waals surface area contributed by atoms with Gasteiger partial charge >= 0.3 is 0 Å². The van der Waals surface area contributed by atoms with Gasteiger partial charge in [-0.15, -0.1) is 0 Å². The quantitative estimate of drug-likeness (QED) is 0.648. The van der Waals surface area contributed by atoms with E-state index in [1.807, 2.05) is 6.07 Å². The Hall–Kier alpha value is -3.26. The molecule has 2 aliphatic heterocycles. The number of fused-ring (bicyclic) bond motifs is 3. The van der Waals surface area contributed by atoms with Crippen LogP contribution < -0.4 is 10.3 Å². The van der Waals surface area contributed by atoms with Crippen molar-refractivity contribution >= 4 is 40.4 Å². The van der Waals surface area contributed by atoms with Crippen LogP contribution in [-0.2, 0) is 4.79 Å². The van der Waals surface area contributed by atoms with Gasteiger partial charge in [-0.1, -0.05) is 29.8 Å². The summed E-state index contributed by atoms with van der Waals surface area (Å²) in [7, 11) is 0. The van der Waals surface area contributed by atoms with Gasteiger partial charge in [0.05, 0.1) is 22.9 Å². The summed E-state index contributed by atoms with van der Waals surface area (Å²) in [5.41, 5.74) is 4.72. The number of hydrogen-bond acceptors (Lipinski definition) is 6. The minimum Gasteiger partial charge on any atom is -0.317 e. The summed E-state index contributed by atoms with van der Waals surface area (Å²) in [6.07, 6.45) is 0. The van der Waals surface area contributed by atoms with Crippen molar-refractivity contribution < 1.29 is 9.72 Å². The van der Waals surface area contributed by atoms with Crippen LogP contribution in [0.1, 0.15) is 11.1 Å². The molecule has 0 fully saturated rings. The predicted molar refractivity (Wildman–Crippen MR) is 98.0 cm³/mol. The maximum atomic E-state index is 11.8. The number of anilines is 1. The first-order valence-corrected chi connectivity index (χ1v) is 8.13. The Morgan fingerprint density at radius 3 is 2.77 bits per heavy atom. The molecule has 130 valence electrons. The molecule has 0 saturated carbocycles. The lowest BCUT2D eigenvalue weighted by Gasteiger charge is -2.27. The van der Waals surface area contributed by atoms with E-state index in [9.17, 15) is 14.9 Å². The topological polar surface area (TPSA) is 100 Å². The number of nitro groups is 1. The molecular weight excluding hydrogens is 358 g/mol. The average molecular weight is 370 g/mol. The molecular formula is C17H12ClN5O3. The molecule has 0 saturated heterocycles. The summed E-state index contributed by atoms with van der Waals surface area (Å²) in [5, 5.41) is 15.8. The highest BCUT2D eigenvalue weighted by atomic mass is 35.5. The molecule has 26 heavy (non-hydrogen) atoms. The molecule has 2 heterocycles. The zero-order valence-electron chi connectivity index (χ0n) is 13.3. The average Bonchev–Trinajstić information content (AvgIpc) is 2.78. The Balaban J connectivity index is 1.96. The molecule has 2 aromatic carbocycles. The number of nitro benzene ring substituents is 1. The normalized spacial score (nSPS) is 15.9. The summed E-state index contributed by atoms with van der Waals surface area (Å²) >= 11 is 6.33. The van der Waals surface area contributed by atoms with E-state index in [1.165, 1.54) is 12.1 Å². The second-order valence-electron chi connectivity index (χ2n) is 5.75. The first kappa shape index (κ1) is 16.2. The molecule has 0 bridgehead atoms. The number of amides is 1. The molecule has 0 atom stereocenters. The Morgan fingerprint density at radius 2 is 2.00 bits per heavy atom. The molecule has 9 heteroatoms. The van der Waals surface area contributed by atoms with Crippen molar-refractivity contribution in [2.45, 2.75) is 0 Å². The summed E-state index contributed by atoms with van der Waals surface area (Å²) in [5.74, 6) is 0.293. The first-order chi connectivity index (χ1) is 12.5. The molecule has 4 rings (SSSR count). The van der Waals surface area contributed by atoms with E-state index in [0.717, 1.165) is 0 Å². The van der Waals surface area contributed by atoms with Crippen molar-refractivity contribution in [2.75, 3.05) is 18.0 Å². The van der Waals surface area contributed by atoms with Gasteiger partial charge < -0.3 is 4.90 Å². The standard InChI is InChI=1S/C17H12ClN5O3/c18-13-4-2-1-3-11(13)17-12-7-10(23(25)26)5-6-14(12)22-9-16(24)21-20-15(22)8-19-17/h1-7H,8-9H2,(H,21,24). The van der Waals surface area contributed by atoms with E-state index in [2.05, 4.69) is 15.5 Å². The van der Waals surface area contributed by atoms with Crippen LogP contribution in [0.4, 0.5) is 11.4 Å². The Morgan fingerprint density at radius 1 is 1.19 bits per heavy atom. The van der Waals surface area contributed by atoms with E-state index < -0.39 is 4.92 Å². The number of halogens is 1. The SMILES string of the molecule is O=C1CN2C(=NN1)CN=C(c1ccccc1Cl)c1cc([N+](=O)[O-])ccc12. The highest BCUT2D eigenvalue weighted by Gasteiger charge is 2.30. The van der Waals surface area contributed by atoms with E-state index in [1.54, 1.807) is 29.2 Å². The number of rotatable bonds is 2. The maximum absolute atomic E-state index is 11.8. The van der Waals surface area contributed by atoms with Crippen molar-refractivity contribution in [1.82, 2.24) is 5.43 Å². The number of nitrogens with zero attached hydrogens (tertiary/aromatic N) is 4. The van der Waals surface area contributed by atoms with E-state index in [-0.39, 0.29) is 24.7 Å². The van der Waals surface area contributed by atoms with Gasteiger partial charge in [0.2, 0.25) is 0 Å². The van der Waals surface area contributed by atoms with Crippen LogP contribution in [0.5, 0.6) is 0 Å². The number of nitrogens with one attached hydrogen (secondary N) is 1. The van der Waals surface area contributed by atoms with Crippen LogP contribution in [0.25, 0.3) is 0 Å². The summed E-state index contributed by atoms with van der Waals surface area (Å²) in [6, 6.07) is 11.6. The fourth-order valence-electron chi connectivity index (χ4n) is 2.98. The van der Waals surface area contributed by atoms with E-state index >= 15 is 0 Å². The van der Waals surface area contributed by atoms with Crippen LogP contribution in [0.15, 0.2) is 52.6 Å². The molecule has 0 unspecified atom stereocenters. The van der Waals surface area contributed by atoms with Gasteiger partial charge in [-0.05, 0) is 12.1 Å². The largest absolute Gasteiger partial charge is 0.317 e. The highest BCUT2D eigenvalue weighted by molar-refractivity contribution is 6.36. The molecule has 0 spiro atoms.